The summed E-state index contributed by atoms with van der Waals surface area (Å²) in [6, 6.07) is 4.39. The Morgan fingerprint density at radius 2 is 2.06 bits per heavy atom. The molecule has 0 aliphatic carbocycles. The number of nitrogens with two attached hydrogens (primary N) is 1. The molecule has 1 rings (SSSR count). The van der Waals surface area contributed by atoms with E-state index in [1.54, 1.807) is 0 Å². The van der Waals surface area contributed by atoms with E-state index < -0.39 is 24.6 Å². The van der Waals surface area contributed by atoms with Crippen LogP contribution in [0.5, 0.6) is 0 Å². The Hall–Kier alpha value is -1.30. The van der Waals surface area contributed by atoms with Gasteiger partial charge in [-0.05, 0) is 12.1 Å². The van der Waals surface area contributed by atoms with Gasteiger partial charge in [-0.2, -0.15) is 0 Å². The molecule has 1 aromatic carbocycles. The third kappa shape index (κ3) is 3.10. The van der Waals surface area contributed by atoms with Crippen LogP contribution in [-0.4, -0.2) is 27.4 Å². The van der Waals surface area contributed by atoms with Crippen molar-refractivity contribution in [2.24, 2.45) is 0 Å². The average Bonchev–Trinajstić information content (AvgIpc) is 2.15. The quantitative estimate of drug-likeness (QED) is 0.587. The molecule has 0 saturated heterocycles. The van der Waals surface area contributed by atoms with Crippen molar-refractivity contribution < 1.29 is 20.1 Å². The first-order valence-electron chi connectivity index (χ1n) is 4.54. The van der Waals surface area contributed by atoms with Crippen LogP contribution in [0.25, 0.3) is 0 Å². The Kier molecular flexibility index (Phi) is 4.12. The van der Waals surface area contributed by atoms with Crippen molar-refractivity contribution in [3.8, 4) is 0 Å². The molecule has 0 aliphatic rings. The molecule has 16 heavy (non-hydrogen) atoms. The monoisotopic (exact) mass is 245 g/mol. The highest BCUT2D eigenvalue weighted by Gasteiger charge is 2.23. The summed E-state index contributed by atoms with van der Waals surface area (Å²) in [5, 5.41) is 27.7. The number of carboxylic acids is 1. The summed E-state index contributed by atoms with van der Waals surface area (Å²) in [6.07, 6.45) is -3.30. The lowest BCUT2D eigenvalue weighted by atomic mass is 10.0. The Labute approximate surface area is 97.1 Å². The molecule has 0 saturated carbocycles. The van der Waals surface area contributed by atoms with E-state index in [9.17, 15) is 15.0 Å². The van der Waals surface area contributed by atoms with E-state index >= 15 is 0 Å². The number of anilines is 1. The maximum absolute atomic E-state index is 10.4. The number of carbonyl (C=O) groups is 1. The first kappa shape index (κ1) is 12.8. The van der Waals surface area contributed by atoms with Gasteiger partial charge in [-0.3, -0.25) is 4.79 Å². The maximum atomic E-state index is 10.4. The summed E-state index contributed by atoms with van der Waals surface area (Å²) in [5.41, 5.74) is 6.14. The molecule has 0 radical (unpaired) electrons. The Balaban J connectivity index is 2.87. The van der Waals surface area contributed by atoms with Crippen molar-refractivity contribution in [3.63, 3.8) is 0 Å². The van der Waals surface area contributed by atoms with Gasteiger partial charge in [0.2, 0.25) is 0 Å². The van der Waals surface area contributed by atoms with E-state index in [0.717, 1.165) is 0 Å². The van der Waals surface area contributed by atoms with Crippen LogP contribution in [0.3, 0.4) is 0 Å². The van der Waals surface area contributed by atoms with Gasteiger partial charge >= 0.3 is 5.97 Å². The fourth-order valence-electron chi connectivity index (χ4n) is 1.28. The number of aliphatic carboxylic acids is 1. The van der Waals surface area contributed by atoms with Gasteiger partial charge in [-0.15, -0.1) is 0 Å². The van der Waals surface area contributed by atoms with E-state index in [-0.39, 0.29) is 10.6 Å². The van der Waals surface area contributed by atoms with Gasteiger partial charge in [0.15, 0.2) is 0 Å². The van der Waals surface area contributed by atoms with Crippen molar-refractivity contribution in [2.45, 2.75) is 18.6 Å². The van der Waals surface area contributed by atoms with Gasteiger partial charge in [0, 0.05) is 16.3 Å². The number of rotatable bonds is 4. The van der Waals surface area contributed by atoms with E-state index in [0.29, 0.717) is 5.69 Å². The molecule has 0 aromatic heterocycles. The zero-order chi connectivity index (χ0) is 12.3. The molecule has 0 aliphatic heterocycles. The summed E-state index contributed by atoms with van der Waals surface area (Å²) in [5.74, 6) is -1.20. The number of benzene rings is 1. The number of hydrogen-bond acceptors (Lipinski definition) is 4. The molecule has 2 unspecified atom stereocenters. The van der Waals surface area contributed by atoms with Crippen LogP contribution in [0.2, 0.25) is 5.02 Å². The standard InChI is InChI=1S/C10H12ClNO4/c11-7-3-5(12)1-2-6(7)10(16)8(13)4-9(14)15/h1-3,8,10,13,16H,4,12H2,(H,14,15). The molecule has 0 heterocycles. The molecule has 0 spiro atoms. The minimum absolute atomic E-state index is 0.192. The lowest BCUT2D eigenvalue weighted by Gasteiger charge is -2.17. The molecule has 0 bridgehead atoms. The Bertz CT molecular complexity index is 396. The highest BCUT2D eigenvalue weighted by molar-refractivity contribution is 6.31. The summed E-state index contributed by atoms with van der Waals surface area (Å²) in [4.78, 5) is 10.4. The normalized spacial score (nSPS) is 14.4. The minimum Gasteiger partial charge on any atom is -0.481 e. The summed E-state index contributed by atoms with van der Waals surface area (Å²) >= 11 is 5.81. The summed E-state index contributed by atoms with van der Waals surface area (Å²) in [6.45, 7) is 0. The number of halogens is 1. The van der Waals surface area contributed by atoms with Gasteiger partial charge in [0.25, 0.3) is 0 Å². The van der Waals surface area contributed by atoms with E-state index in [1.165, 1.54) is 18.2 Å². The molecule has 0 fully saturated rings. The minimum atomic E-state index is -1.40. The van der Waals surface area contributed by atoms with Gasteiger partial charge < -0.3 is 21.1 Å². The van der Waals surface area contributed by atoms with Gasteiger partial charge in [0.1, 0.15) is 6.10 Å². The smallest absolute Gasteiger partial charge is 0.306 e. The summed E-state index contributed by atoms with van der Waals surface area (Å²) in [7, 11) is 0. The van der Waals surface area contributed by atoms with E-state index in [2.05, 4.69) is 0 Å². The van der Waals surface area contributed by atoms with Crippen molar-refractivity contribution in [3.05, 3.63) is 28.8 Å². The average molecular weight is 246 g/mol. The zero-order valence-electron chi connectivity index (χ0n) is 8.30. The van der Waals surface area contributed by atoms with E-state index in [1.807, 2.05) is 0 Å². The second-order valence-corrected chi connectivity index (χ2v) is 3.80. The Morgan fingerprint density at radius 3 is 2.56 bits per heavy atom. The molecule has 0 amide bonds. The SMILES string of the molecule is Nc1ccc(C(O)C(O)CC(=O)O)c(Cl)c1. The first-order chi connectivity index (χ1) is 7.41. The van der Waals surface area contributed by atoms with Gasteiger partial charge in [-0.25, -0.2) is 0 Å². The number of hydrogen-bond donors (Lipinski definition) is 4. The maximum Gasteiger partial charge on any atom is 0.306 e. The second kappa shape index (κ2) is 5.16. The highest BCUT2D eigenvalue weighted by Crippen LogP contribution is 2.28. The van der Waals surface area contributed by atoms with Crippen LogP contribution < -0.4 is 5.73 Å². The third-order valence-corrected chi connectivity index (χ3v) is 2.42. The molecular formula is C10H12ClNO4. The van der Waals surface area contributed by atoms with Crippen LogP contribution in [0.1, 0.15) is 18.1 Å². The van der Waals surface area contributed by atoms with Crippen molar-refractivity contribution in [1.29, 1.82) is 0 Å². The van der Waals surface area contributed by atoms with Gasteiger partial charge in [0.05, 0.1) is 12.5 Å². The Morgan fingerprint density at radius 1 is 1.44 bits per heavy atom. The second-order valence-electron chi connectivity index (χ2n) is 3.39. The van der Waals surface area contributed by atoms with Crippen molar-refractivity contribution in [1.82, 2.24) is 0 Å². The molecule has 5 N–H and O–H groups in total. The third-order valence-electron chi connectivity index (χ3n) is 2.09. The van der Waals surface area contributed by atoms with Crippen molar-refractivity contribution >= 4 is 23.3 Å². The van der Waals surface area contributed by atoms with Crippen LogP contribution in [0.4, 0.5) is 5.69 Å². The molecule has 1 aromatic rings. The fraction of sp³-hybridized carbons (Fsp3) is 0.300. The molecule has 6 heteroatoms. The topological polar surface area (TPSA) is 104 Å². The molecular weight excluding hydrogens is 234 g/mol. The van der Waals surface area contributed by atoms with Gasteiger partial charge in [-0.1, -0.05) is 17.7 Å². The van der Waals surface area contributed by atoms with Crippen LogP contribution >= 0.6 is 11.6 Å². The number of aliphatic hydroxyl groups is 2. The van der Waals surface area contributed by atoms with Crippen LogP contribution in [0.15, 0.2) is 18.2 Å². The molecule has 5 nitrogen and oxygen atoms in total. The highest BCUT2D eigenvalue weighted by atomic mass is 35.5. The van der Waals surface area contributed by atoms with Crippen LogP contribution in [-0.2, 0) is 4.79 Å². The lowest BCUT2D eigenvalue weighted by Crippen LogP contribution is -2.22. The van der Waals surface area contributed by atoms with Crippen LogP contribution in [0, 0.1) is 0 Å². The predicted molar refractivity (Wildman–Crippen MR) is 59.1 cm³/mol. The predicted octanol–water partition coefficient (Wildman–Crippen LogP) is 0.791. The largest absolute Gasteiger partial charge is 0.481 e. The fourth-order valence-corrected chi connectivity index (χ4v) is 1.58. The molecule has 2 atom stereocenters. The number of nitrogen functional groups attached to an aromatic ring is 1. The number of carboxylic acid groups (broad SMARTS) is 1. The summed E-state index contributed by atoms with van der Waals surface area (Å²) < 4.78 is 0. The van der Waals surface area contributed by atoms with E-state index in [4.69, 9.17) is 22.4 Å². The number of aliphatic hydroxyl groups excluding tert-OH is 2. The first-order valence-corrected chi connectivity index (χ1v) is 4.92. The lowest BCUT2D eigenvalue weighted by molar-refractivity contribution is -0.141. The zero-order valence-corrected chi connectivity index (χ0v) is 9.05. The molecule has 88 valence electrons. The van der Waals surface area contributed by atoms with Crippen molar-refractivity contribution in [2.75, 3.05) is 5.73 Å².